The van der Waals surface area contributed by atoms with Crippen molar-refractivity contribution in [3.05, 3.63) is 10.2 Å². The number of likely N-dealkylation sites (N-methyl/N-ethyl adjacent to an activating group) is 1. The van der Waals surface area contributed by atoms with Crippen LogP contribution < -0.4 is 4.74 Å². The highest BCUT2D eigenvalue weighted by Gasteiger charge is 2.28. The molecule has 1 aromatic heterocycles. The van der Waals surface area contributed by atoms with Gasteiger partial charge in [0.1, 0.15) is 21.9 Å². The number of halogens is 1. The maximum Gasteiger partial charge on any atom is 0.410 e. The topological polar surface area (TPSA) is 65.8 Å². The minimum atomic E-state index is -0.532. The second-order valence-electron chi connectivity index (χ2n) is 6.78. The van der Waals surface area contributed by atoms with Gasteiger partial charge in [-0.1, -0.05) is 0 Å². The van der Waals surface area contributed by atoms with Crippen molar-refractivity contribution >= 4 is 22.0 Å². The van der Waals surface area contributed by atoms with Crippen LogP contribution in [0, 0.1) is 0 Å². The Kier molecular flexibility index (Phi) is 7.10. The van der Waals surface area contributed by atoms with E-state index in [0.29, 0.717) is 12.5 Å². The number of carbonyl (C=O) groups excluding carboxylic acids is 1. The number of aryl methyl sites for hydroxylation is 1. The molecule has 1 rings (SSSR count). The Hall–Kier alpha value is -1.28. The van der Waals surface area contributed by atoms with Crippen molar-refractivity contribution in [2.75, 3.05) is 14.2 Å². The molecule has 2 atom stereocenters. The summed E-state index contributed by atoms with van der Waals surface area (Å²) in [6.45, 7) is 9.73. The molecule has 0 saturated carbocycles. The maximum atomic E-state index is 12.2. The molecule has 0 aliphatic carbocycles. The number of aromatic nitrogens is 2. The number of hydrogen-bond donors (Lipinski definition) is 0. The smallest absolute Gasteiger partial charge is 0.410 e. The molecule has 0 spiro atoms. The molecular formula is C16H28BrN3O4. The molecular weight excluding hydrogens is 378 g/mol. The summed E-state index contributed by atoms with van der Waals surface area (Å²) in [4.78, 5) is 13.7. The number of methoxy groups -OCH3 is 1. The van der Waals surface area contributed by atoms with Gasteiger partial charge in [-0.25, -0.2) is 9.48 Å². The summed E-state index contributed by atoms with van der Waals surface area (Å²) in [6.07, 6.45) is -0.640. The van der Waals surface area contributed by atoms with Gasteiger partial charge in [-0.05, 0) is 50.5 Å². The van der Waals surface area contributed by atoms with Gasteiger partial charge < -0.3 is 19.1 Å². The van der Waals surface area contributed by atoms with Gasteiger partial charge >= 0.3 is 6.09 Å². The predicted octanol–water partition coefficient (Wildman–Crippen LogP) is 3.35. The Morgan fingerprint density at radius 2 is 1.96 bits per heavy atom. The van der Waals surface area contributed by atoms with Gasteiger partial charge in [-0.2, -0.15) is 5.10 Å². The Balaban J connectivity index is 2.80. The summed E-state index contributed by atoms with van der Waals surface area (Å²) < 4.78 is 18.9. The molecule has 0 radical (unpaired) electrons. The molecule has 138 valence electrons. The first-order chi connectivity index (χ1) is 11.0. The molecule has 0 aliphatic rings. The molecule has 0 aromatic carbocycles. The summed E-state index contributed by atoms with van der Waals surface area (Å²) in [5, 5.41) is 4.36. The van der Waals surface area contributed by atoms with E-state index >= 15 is 0 Å². The molecule has 1 amide bonds. The fourth-order valence-corrected chi connectivity index (χ4v) is 2.53. The Morgan fingerprint density at radius 3 is 2.46 bits per heavy atom. The van der Waals surface area contributed by atoms with Crippen LogP contribution >= 0.6 is 15.9 Å². The standard InChI is InChI=1S/C16H28BrN3O4/c1-10(19(6)15(21)24-16(3,4)5)11(2)23-14-13(17)12(9-22-8)18-20(14)7/h10-11H,9H2,1-8H3. The minimum absolute atomic E-state index is 0.187. The zero-order chi connectivity index (χ0) is 18.7. The average Bonchev–Trinajstić information content (AvgIpc) is 2.72. The zero-order valence-electron chi connectivity index (χ0n) is 15.7. The second kappa shape index (κ2) is 8.20. The van der Waals surface area contributed by atoms with Crippen molar-refractivity contribution < 1.29 is 19.0 Å². The lowest BCUT2D eigenvalue weighted by Gasteiger charge is -2.32. The van der Waals surface area contributed by atoms with Gasteiger partial charge in [-0.3, -0.25) is 0 Å². The van der Waals surface area contributed by atoms with Crippen LogP contribution in [0.1, 0.15) is 40.3 Å². The van der Waals surface area contributed by atoms with E-state index in [1.165, 1.54) is 4.90 Å². The quantitative estimate of drug-likeness (QED) is 0.725. The number of amides is 1. The van der Waals surface area contributed by atoms with Crippen molar-refractivity contribution in [3.8, 4) is 5.88 Å². The van der Waals surface area contributed by atoms with Crippen LogP contribution in [0.5, 0.6) is 5.88 Å². The highest BCUT2D eigenvalue weighted by Crippen LogP contribution is 2.30. The molecule has 0 fully saturated rings. The largest absolute Gasteiger partial charge is 0.472 e. The van der Waals surface area contributed by atoms with E-state index in [1.54, 1.807) is 25.9 Å². The molecule has 1 heterocycles. The summed E-state index contributed by atoms with van der Waals surface area (Å²) in [7, 11) is 5.11. The lowest BCUT2D eigenvalue weighted by molar-refractivity contribution is 0.0107. The van der Waals surface area contributed by atoms with Crippen molar-refractivity contribution in [3.63, 3.8) is 0 Å². The van der Waals surface area contributed by atoms with Crippen molar-refractivity contribution in [1.82, 2.24) is 14.7 Å². The molecule has 0 N–H and O–H groups in total. The minimum Gasteiger partial charge on any atom is -0.472 e. The van der Waals surface area contributed by atoms with Crippen LogP contribution in [0.25, 0.3) is 0 Å². The van der Waals surface area contributed by atoms with Gasteiger partial charge in [0.2, 0.25) is 5.88 Å². The molecule has 8 heteroatoms. The lowest BCUT2D eigenvalue weighted by Crippen LogP contribution is -2.46. The SMILES string of the molecule is COCc1nn(C)c(OC(C)C(C)N(C)C(=O)OC(C)(C)C)c1Br. The van der Waals surface area contributed by atoms with Gasteiger partial charge in [0.15, 0.2) is 0 Å². The molecule has 0 saturated heterocycles. The first-order valence-corrected chi connectivity index (χ1v) is 8.60. The van der Waals surface area contributed by atoms with Crippen molar-refractivity contribution in [1.29, 1.82) is 0 Å². The number of ether oxygens (including phenoxy) is 3. The van der Waals surface area contributed by atoms with Crippen LogP contribution in [0.2, 0.25) is 0 Å². The van der Waals surface area contributed by atoms with Gasteiger partial charge in [-0.15, -0.1) is 0 Å². The van der Waals surface area contributed by atoms with E-state index in [0.717, 1.165) is 10.2 Å². The van der Waals surface area contributed by atoms with E-state index in [4.69, 9.17) is 14.2 Å². The van der Waals surface area contributed by atoms with E-state index in [9.17, 15) is 4.79 Å². The maximum absolute atomic E-state index is 12.2. The third-order valence-electron chi connectivity index (χ3n) is 3.56. The number of hydrogen-bond acceptors (Lipinski definition) is 5. The van der Waals surface area contributed by atoms with Crippen LogP contribution in [-0.2, 0) is 23.1 Å². The second-order valence-corrected chi connectivity index (χ2v) is 7.57. The van der Waals surface area contributed by atoms with Crippen molar-refractivity contribution in [2.45, 2.75) is 59.0 Å². The van der Waals surface area contributed by atoms with Crippen LogP contribution in [0.3, 0.4) is 0 Å². The van der Waals surface area contributed by atoms with Gasteiger partial charge in [0.25, 0.3) is 0 Å². The molecule has 2 unspecified atom stereocenters. The third kappa shape index (κ3) is 5.37. The molecule has 24 heavy (non-hydrogen) atoms. The van der Waals surface area contributed by atoms with Gasteiger partial charge in [0, 0.05) is 21.2 Å². The van der Waals surface area contributed by atoms with E-state index < -0.39 is 5.60 Å². The summed E-state index contributed by atoms with van der Waals surface area (Å²) in [5.41, 5.74) is 0.227. The zero-order valence-corrected chi connectivity index (χ0v) is 17.3. The fraction of sp³-hybridized carbons (Fsp3) is 0.750. The van der Waals surface area contributed by atoms with Crippen molar-refractivity contribution in [2.24, 2.45) is 7.05 Å². The summed E-state index contributed by atoms with van der Waals surface area (Å²) in [5.74, 6) is 0.596. The number of rotatable bonds is 6. The number of carbonyl (C=O) groups is 1. The first kappa shape index (κ1) is 20.8. The fourth-order valence-electron chi connectivity index (χ4n) is 1.98. The highest BCUT2D eigenvalue weighted by molar-refractivity contribution is 9.10. The monoisotopic (exact) mass is 405 g/mol. The number of nitrogens with zero attached hydrogens (tertiary/aromatic N) is 3. The Morgan fingerprint density at radius 1 is 1.38 bits per heavy atom. The Labute approximate surface area is 152 Å². The third-order valence-corrected chi connectivity index (χ3v) is 4.35. The lowest BCUT2D eigenvalue weighted by atomic mass is 10.2. The highest BCUT2D eigenvalue weighted by atomic mass is 79.9. The predicted molar refractivity (Wildman–Crippen MR) is 95.2 cm³/mol. The van der Waals surface area contributed by atoms with E-state index in [1.807, 2.05) is 34.6 Å². The van der Waals surface area contributed by atoms with Crippen LogP contribution in [-0.4, -0.2) is 52.7 Å². The van der Waals surface area contributed by atoms with E-state index in [2.05, 4.69) is 21.0 Å². The Bertz CT molecular complexity index is 568. The summed E-state index contributed by atoms with van der Waals surface area (Å²) >= 11 is 3.49. The van der Waals surface area contributed by atoms with E-state index in [-0.39, 0.29) is 18.2 Å². The molecule has 0 bridgehead atoms. The molecule has 7 nitrogen and oxygen atoms in total. The molecule has 1 aromatic rings. The molecule has 0 aliphatic heterocycles. The normalized spacial score (nSPS) is 14.2. The van der Waals surface area contributed by atoms with Crippen LogP contribution in [0.4, 0.5) is 4.79 Å². The average molecular weight is 406 g/mol. The first-order valence-electron chi connectivity index (χ1n) is 7.80. The van der Waals surface area contributed by atoms with Crippen LogP contribution in [0.15, 0.2) is 4.47 Å². The van der Waals surface area contributed by atoms with Gasteiger partial charge in [0.05, 0.1) is 12.6 Å². The summed E-state index contributed by atoms with van der Waals surface area (Å²) in [6, 6.07) is -0.187.